The highest BCUT2D eigenvalue weighted by atomic mass is 79.9. The maximum absolute atomic E-state index is 12.4. The molecule has 27 heavy (non-hydrogen) atoms. The van der Waals surface area contributed by atoms with Crippen molar-refractivity contribution < 1.29 is 19.1 Å². The second-order valence-electron chi connectivity index (χ2n) is 6.73. The number of halogens is 1. The molecule has 3 rings (SSSR count). The molecule has 0 saturated heterocycles. The van der Waals surface area contributed by atoms with Crippen LogP contribution in [0.1, 0.15) is 41.6 Å². The maximum atomic E-state index is 12.4. The van der Waals surface area contributed by atoms with E-state index < -0.39 is 12.1 Å². The number of carbonyl (C=O) groups is 2. The monoisotopic (exact) mass is 431 g/mol. The number of esters is 1. The topological polar surface area (TPSA) is 64.6 Å². The van der Waals surface area contributed by atoms with Gasteiger partial charge in [0.1, 0.15) is 11.3 Å². The number of hydrogen-bond donors (Lipinski definition) is 1. The molecule has 0 heterocycles. The first-order valence-corrected chi connectivity index (χ1v) is 9.72. The van der Waals surface area contributed by atoms with Crippen LogP contribution >= 0.6 is 15.9 Å². The summed E-state index contributed by atoms with van der Waals surface area (Å²) < 4.78 is 11.1. The lowest BCUT2D eigenvalue weighted by atomic mass is 9.79. The molecule has 0 spiro atoms. The molecule has 1 fully saturated rings. The first-order chi connectivity index (χ1) is 13.0. The molecular weight excluding hydrogens is 410 g/mol. The third-order valence-electron chi connectivity index (χ3n) is 5.08. The lowest BCUT2D eigenvalue weighted by molar-refractivity contribution is 0.0598. The molecule has 0 aromatic heterocycles. The van der Waals surface area contributed by atoms with Gasteiger partial charge in [-0.05, 0) is 42.7 Å². The number of ether oxygens (including phenoxy) is 2. The van der Waals surface area contributed by atoms with Gasteiger partial charge in [0.2, 0.25) is 0 Å². The first-order valence-electron chi connectivity index (χ1n) is 8.93. The number of para-hydroxylation sites is 1. The Morgan fingerprint density at radius 3 is 2.41 bits per heavy atom. The number of amides is 1. The van der Waals surface area contributed by atoms with Gasteiger partial charge in [0.25, 0.3) is 0 Å². The quantitative estimate of drug-likeness (QED) is 0.687. The molecule has 0 bridgehead atoms. The van der Waals surface area contributed by atoms with Crippen LogP contribution in [0.2, 0.25) is 0 Å². The number of nitrogens with one attached hydrogen (secondary N) is 1. The SMILES string of the molecule is COC(=O)c1ccccc1OC(=O)NCC1(c2ccc(Br)cc2)CCCC1. The Hall–Kier alpha value is -2.34. The number of rotatable bonds is 5. The van der Waals surface area contributed by atoms with Crippen LogP contribution in [0.15, 0.2) is 53.0 Å². The fourth-order valence-electron chi connectivity index (χ4n) is 3.63. The molecule has 0 atom stereocenters. The van der Waals surface area contributed by atoms with E-state index in [1.165, 1.54) is 12.7 Å². The zero-order chi connectivity index (χ0) is 19.3. The molecule has 5 nitrogen and oxygen atoms in total. The van der Waals surface area contributed by atoms with Gasteiger partial charge in [-0.3, -0.25) is 0 Å². The van der Waals surface area contributed by atoms with Gasteiger partial charge in [-0.1, -0.05) is 53.0 Å². The highest BCUT2D eigenvalue weighted by Gasteiger charge is 2.36. The molecule has 0 radical (unpaired) electrons. The van der Waals surface area contributed by atoms with Gasteiger partial charge in [0.15, 0.2) is 0 Å². The van der Waals surface area contributed by atoms with Crippen molar-refractivity contribution in [2.75, 3.05) is 13.7 Å². The third kappa shape index (κ3) is 4.50. The van der Waals surface area contributed by atoms with Crippen molar-refractivity contribution >= 4 is 28.0 Å². The van der Waals surface area contributed by atoms with Gasteiger partial charge >= 0.3 is 12.1 Å². The van der Waals surface area contributed by atoms with Crippen LogP contribution in [-0.2, 0) is 10.2 Å². The first kappa shape index (κ1) is 19.4. The van der Waals surface area contributed by atoms with Gasteiger partial charge in [-0.15, -0.1) is 0 Å². The largest absolute Gasteiger partial charge is 0.465 e. The van der Waals surface area contributed by atoms with Gasteiger partial charge < -0.3 is 14.8 Å². The van der Waals surface area contributed by atoms with E-state index >= 15 is 0 Å². The summed E-state index contributed by atoms with van der Waals surface area (Å²) in [5.74, 6) is -0.355. The number of hydrogen-bond acceptors (Lipinski definition) is 4. The van der Waals surface area contributed by atoms with Crippen LogP contribution in [0.25, 0.3) is 0 Å². The summed E-state index contributed by atoms with van der Waals surface area (Å²) in [5, 5.41) is 2.89. The minimum Gasteiger partial charge on any atom is -0.465 e. The van der Waals surface area contributed by atoms with Crippen molar-refractivity contribution in [3.05, 3.63) is 64.1 Å². The third-order valence-corrected chi connectivity index (χ3v) is 5.61. The molecular formula is C21H22BrNO4. The smallest absolute Gasteiger partial charge is 0.412 e. The molecule has 2 aromatic carbocycles. The Morgan fingerprint density at radius 2 is 1.74 bits per heavy atom. The van der Waals surface area contributed by atoms with Crippen LogP contribution in [-0.4, -0.2) is 25.7 Å². The Morgan fingerprint density at radius 1 is 1.07 bits per heavy atom. The van der Waals surface area contributed by atoms with Crippen LogP contribution in [0.3, 0.4) is 0 Å². The Kier molecular flexibility index (Phi) is 6.16. The fraction of sp³-hybridized carbons (Fsp3) is 0.333. The normalized spacial score (nSPS) is 15.2. The lowest BCUT2D eigenvalue weighted by Crippen LogP contribution is -2.40. The van der Waals surface area contributed by atoms with Crippen molar-refractivity contribution in [1.29, 1.82) is 0 Å². The number of carbonyl (C=O) groups excluding carboxylic acids is 2. The Balaban J connectivity index is 1.69. The average molecular weight is 432 g/mol. The molecule has 1 saturated carbocycles. The van der Waals surface area contributed by atoms with Crippen LogP contribution in [0.5, 0.6) is 5.75 Å². The van der Waals surface area contributed by atoms with E-state index in [0.717, 1.165) is 30.2 Å². The van der Waals surface area contributed by atoms with E-state index in [1.807, 2.05) is 12.1 Å². The summed E-state index contributed by atoms with van der Waals surface area (Å²) in [4.78, 5) is 24.2. The number of methoxy groups -OCH3 is 1. The second-order valence-corrected chi connectivity index (χ2v) is 7.64. The van der Waals surface area contributed by atoms with Crippen molar-refractivity contribution in [3.8, 4) is 5.75 Å². The van der Waals surface area contributed by atoms with E-state index in [4.69, 9.17) is 9.47 Å². The maximum Gasteiger partial charge on any atom is 0.412 e. The van der Waals surface area contributed by atoms with Gasteiger partial charge in [-0.25, -0.2) is 9.59 Å². The van der Waals surface area contributed by atoms with Gasteiger partial charge in [0.05, 0.1) is 7.11 Å². The van der Waals surface area contributed by atoms with Crippen molar-refractivity contribution in [3.63, 3.8) is 0 Å². The zero-order valence-electron chi connectivity index (χ0n) is 15.2. The van der Waals surface area contributed by atoms with Crippen molar-refractivity contribution in [2.24, 2.45) is 0 Å². The molecule has 1 amide bonds. The standard InChI is InChI=1S/C21H22BrNO4/c1-26-19(24)17-6-2-3-7-18(17)27-20(25)23-14-21(12-4-5-13-21)15-8-10-16(22)11-9-15/h2-3,6-11H,4-5,12-14H2,1H3,(H,23,25). The minimum atomic E-state index is -0.574. The Bertz CT molecular complexity index is 813. The van der Waals surface area contributed by atoms with E-state index in [0.29, 0.717) is 6.54 Å². The molecule has 6 heteroatoms. The van der Waals surface area contributed by atoms with Gasteiger partial charge in [0, 0.05) is 16.4 Å². The molecule has 1 aliphatic rings. The predicted octanol–water partition coefficient (Wildman–Crippen LogP) is 4.84. The van der Waals surface area contributed by atoms with E-state index in [1.54, 1.807) is 24.3 Å². The lowest BCUT2D eigenvalue weighted by Gasteiger charge is -2.30. The van der Waals surface area contributed by atoms with Crippen LogP contribution in [0.4, 0.5) is 4.79 Å². The van der Waals surface area contributed by atoms with E-state index in [-0.39, 0.29) is 16.7 Å². The van der Waals surface area contributed by atoms with Crippen molar-refractivity contribution in [2.45, 2.75) is 31.1 Å². The minimum absolute atomic E-state index is 0.0818. The summed E-state index contributed by atoms with van der Waals surface area (Å²) in [5.41, 5.74) is 1.36. The molecule has 1 N–H and O–H groups in total. The summed E-state index contributed by atoms with van der Waals surface area (Å²) in [6, 6.07) is 14.8. The Labute approximate surface area is 167 Å². The van der Waals surface area contributed by atoms with E-state index in [9.17, 15) is 9.59 Å². The molecule has 0 unspecified atom stereocenters. The summed E-state index contributed by atoms with van der Waals surface area (Å²) in [6.07, 6.45) is 3.74. The molecule has 1 aliphatic carbocycles. The summed E-state index contributed by atoms with van der Waals surface area (Å²) in [6.45, 7) is 0.494. The molecule has 142 valence electrons. The predicted molar refractivity (Wildman–Crippen MR) is 106 cm³/mol. The van der Waals surface area contributed by atoms with Gasteiger partial charge in [-0.2, -0.15) is 0 Å². The summed E-state index contributed by atoms with van der Waals surface area (Å²) >= 11 is 3.47. The fourth-order valence-corrected chi connectivity index (χ4v) is 3.90. The highest BCUT2D eigenvalue weighted by molar-refractivity contribution is 9.10. The summed E-state index contributed by atoms with van der Waals surface area (Å²) in [7, 11) is 1.29. The van der Waals surface area contributed by atoms with Crippen LogP contribution < -0.4 is 10.1 Å². The zero-order valence-corrected chi connectivity index (χ0v) is 16.8. The molecule has 2 aromatic rings. The molecule has 0 aliphatic heterocycles. The highest BCUT2D eigenvalue weighted by Crippen LogP contribution is 2.41. The second kappa shape index (κ2) is 8.57. The van der Waals surface area contributed by atoms with Crippen LogP contribution in [0, 0.1) is 0 Å². The van der Waals surface area contributed by atoms with Crippen molar-refractivity contribution in [1.82, 2.24) is 5.32 Å². The average Bonchev–Trinajstić information content (AvgIpc) is 3.17. The number of benzene rings is 2. The van der Waals surface area contributed by atoms with E-state index in [2.05, 4.69) is 33.4 Å².